The number of halogens is 2. The van der Waals surface area contributed by atoms with Crippen LogP contribution >= 0.6 is 0 Å². The zero-order valence-electron chi connectivity index (χ0n) is 11.0. The molecular formula is C14H9F2N3O3. The van der Waals surface area contributed by atoms with Crippen LogP contribution in [0.15, 0.2) is 30.6 Å². The average molecular weight is 305 g/mol. The number of aromatic nitrogens is 2. The number of nitrogens with zero attached hydrogens (tertiary/aromatic N) is 2. The number of aromatic carboxylic acids is 1. The first-order valence-corrected chi connectivity index (χ1v) is 5.87. The van der Waals surface area contributed by atoms with Gasteiger partial charge in [-0.2, -0.15) is 8.78 Å². The van der Waals surface area contributed by atoms with Crippen LogP contribution in [0, 0.1) is 11.8 Å². The minimum atomic E-state index is -3.01. The van der Waals surface area contributed by atoms with Crippen LogP contribution in [0.5, 0.6) is 5.75 Å². The second-order valence-electron chi connectivity index (χ2n) is 3.97. The van der Waals surface area contributed by atoms with Crippen molar-refractivity contribution < 1.29 is 23.4 Å². The molecule has 8 heteroatoms. The van der Waals surface area contributed by atoms with Gasteiger partial charge in [0, 0.05) is 5.56 Å². The molecule has 22 heavy (non-hydrogen) atoms. The van der Waals surface area contributed by atoms with E-state index in [0.29, 0.717) is 0 Å². The summed E-state index contributed by atoms with van der Waals surface area (Å²) in [6.07, 6.45) is 2.60. The van der Waals surface area contributed by atoms with Crippen molar-refractivity contribution in [1.29, 1.82) is 0 Å². The predicted octanol–water partition coefficient (Wildman–Crippen LogP) is 1.76. The van der Waals surface area contributed by atoms with E-state index in [-0.39, 0.29) is 28.4 Å². The fourth-order valence-electron chi connectivity index (χ4n) is 1.52. The summed E-state index contributed by atoms with van der Waals surface area (Å²) in [6, 6.07) is 3.38. The summed E-state index contributed by atoms with van der Waals surface area (Å²) in [4.78, 5) is 18.8. The van der Waals surface area contributed by atoms with E-state index >= 15 is 0 Å². The number of alkyl halides is 2. The molecule has 0 saturated heterocycles. The van der Waals surface area contributed by atoms with E-state index in [9.17, 15) is 13.6 Å². The summed E-state index contributed by atoms with van der Waals surface area (Å²) in [7, 11) is 0. The van der Waals surface area contributed by atoms with E-state index in [1.807, 2.05) is 0 Å². The van der Waals surface area contributed by atoms with Crippen molar-refractivity contribution in [2.24, 2.45) is 0 Å². The van der Waals surface area contributed by atoms with E-state index in [0.717, 1.165) is 18.2 Å². The largest absolute Gasteiger partial charge is 0.478 e. The Hall–Kier alpha value is -3.21. The molecule has 0 aliphatic carbocycles. The molecule has 0 aliphatic heterocycles. The molecule has 2 aromatic rings. The smallest absolute Gasteiger partial charge is 0.387 e. The molecular weight excluding hydrogens is 296 g/mol. The number of hydrogen-bond acceptors (Lipinski definition) is 5. The molecule has 0 bridgehead atoms. The molecule has 0 amide bonds. The number of hydrogen-bond donors (Lipinski definition) is 2. The number of nitrogens with two attached hydrogens (primary N) is 1. The molecule has 6 nitrogen and oxygen atoms in total. The first-order chi connectivity index (χ1) is 10.5. The fourth-order valence-corrected chi connectivity index (χ4v) is 1.52. The van der Waals surface area contributed by atoms with E-state index < -0.39 is 12.6 Å². The van der Waals surface area contributed by atoms with Crippen molar-refractivity contribution in [2.45, 2.75) is 6.61 Å². The molecule has 0 aliphatic rings. The van der Waals surface area contributed by atoms with Crippen LogP contribution < -0.4 is 10.5 Å². The fraction of sp³-hybridized carbons (Fsp3) is 0.0714. The standard InChI is InChI=1S/C14H9F2N3O3/c15-14(16)22-10-3-4-11(13(20)21)8(5-10)1-2-9-6-19-12(17)7-18-9/h3-7,14H,(H2,17,19)(H,20,21). The van der Waals surface area contributed by atoms with Gasteiger partial charge in [0.25, 0.3) is 0 Å². The monoisotopic (exact) mass is 305 g/mol. The maximum Gasteiger partial charge on any atom is 0.387 e. The molecule has 0 unspecified atom stereocenters. The van der Waals surface area contributed by atoms with Crippen LogP contribution in [0.25, 0.3) is 0 Å². The molecule has 3 N–H and O–H groups in total. The lowest BCUT2D eigenvalue weighted by Gasteiger charge is -2.06. The highest BCUT2D eigenvalue weighted by Crippen LogP contribution is 2.19. The number of anilines is 1. The molecule has 1 aromatic carbocycles. The van der Waals surface area contributed by atoms with Gasteiger partial charge >= 0.3 is 12.6 Å². The molecule has 0 fully saturated rings. The van der Waals surface area contributed by atoms with Gasteiger partial charge in [0.05, 0.1) is 18.0 Å². The summed E-state index contributed by atoms with van der Waals surface area (Å²) in [5.41, 5.74) is 5.51. The highest BCUT2D eigenvalue weighted by molar-refractivity contribution is 5.91. The Morgan fingerprint density at radius 2 is 2.05 bits per heavy atom. The molecule has 2 rings (SSSR count). The third-order valence-corrected chi connectivity index (χ3v) is 2.44. The summed E-state index contributed by atoms with van der Waals surface area (Å²) in [5, 5.41) is 9.07. The van der Waals surface area contributed by atoms with E-state index in [2.05, 4.69) is 26.5 Å². The first-order valence-electron chi connectivity index (χ1n) is 5.87. The lowest BCUT2D eigenvalue weighted by atomic mass is 10.1. The maximum atomic E-state index is 12.2. The van der Waals surface area contributed by atoms with Crippen LogP contribution in [0.3, 0.4) is 0 Å². The van der Waals surface area contributed by atoms with Gasteiger partial charge in [0.2, 0.25) is 0 Å². The summed E-state index contributed by atoms with van der Waals surface area (Å²) < 4.78 is 28.6. The summed E-state index contributed by atoms with van der Waals surface area (Å²) >= 11 is 0. The van der Waals surface area contributed by atoms with Crippen molar-refractivity contribution in [3.8, 4) is 17.6 Å². The van der Waals surface area contributed by atoms with Gasteiger partial charge < -0.3 is 15.6 Å². The van der Waals surface area contributed by atoms with Gasteiger partial charge in [-0.3, -0.25) is 0 Å². The van der Waals surface area contributed by atoms with E-state index in [4.69, 9.17) is 10.8 Å². The minimum Gasteiger partial charge on any atom is -0.478 e. The number of rotatable bonds is 3. The lowest BCUT2D eigenvalue weighted by Crippen LogP contribution is -2.05. The SMILES string of the molecule is Nc1cnc(C#Cc2cc(OC(F)F)ccc2C(=O)O)cn1. The molecule has 0 radical (unpaired) electrons. The Morgan fingerprint density at radius 3 is 2.64 bits per heavy atom. The Kier molecular flexibility index (Phi) is 4.48. The Balaban J connectivity index is 2.39. The van der Waals surface area contributed by atoms with Gasteiger partial charge in [0.1, 0.15) is 17.3 Å². The van der Waals surface area contributed by atoms with Crippen LogP contribution in [-0.2, 0) is 0 Å². The van der Waals surface area contributed by atoms with E-state index in [1.165, 1.54) is 12.4 Å². The Labute approximate surface area is 123 Å². The third-order valence-electron chi connectivity index (χ3n) is 2.44. The van der Waals surface area contributed by atoms with Crippen molar-refractivity contribution >= 4 is 11.8 Å². The third kappa shape index (κ3) is 3.89. The van der Waals surface area contributed by atoms with Crippen LogP contribution in [-0.4, -0.2) is 27.7 Å². The van der Waals surface area contributed by atoms with Gasteiger partial charge in [-0.1, -0.05) is 5.92 Å². The predicted molar refractivity (Wildman–Crippen MR) is 72.5 cm³/mol. The van der Waals surface area contributed by atoms with Crippen LogP contribution in [0.2, 0.25) is 0 Å². The number of benzene rings is 1. The molecule has 1 aromatic heterocycles. The molecule has 1 heterocycles. The van der Waals surface area contributed by atoms with Crippen molar-refractivity contribution in [3.05, 3.63) is 47.4 Å². The first kappa shape index (κ1) is 15.2. The Morgan fingerprint density at radius 1 is 1.27 bits per heavy atom. The normalized spacial score (nSPS) is 9.95. The van der Waals surface area contributed by atoms with Crippen molar-refractivity contribution in [3.63, 3.8) is 0 Å². The average Bonchev–Trinajstić information content (AvgIpc) is 2.46. The Bertz CT molecular complexity index is 752. The molecule has 0 spiro atoms. The number of carbonyl (C=O) groups is 1. The number of nitrogen functional groups attached to an aromatic ring is 1. The number of carboxylic acids is 1. The molecule has 0 atom stereocenters. The summed E-state index contributed by atoms with van der Waals surface area (Å²) in [5.74, 6) is 3.91. The molecule has 0 saturated carbocycles. The second-order valence-corrected chi connectivity index (χ2v) is 3.97. The zero-order valence-corrected chi connectivity index (χ0v) is 11.0. The highest BCUT2D eigenvalue weighted by atomic mass is 19.3. The van der Waals surface area contributed by atoms with Gasteiger partial charge in [-0.25, -0.2) is 14.8 Å². The zero-order chi connectivity index (χ0) is 16.1. The highest BCUT2D eigenvalue weighted by Gasteiger charge is 2.12. The second kappa shape index (κ2) is 6.49. The topological polar surface area (TPSA) is 98.3 Å². The minimum absolute atomic E-state index is 0.0178. The lowest BCUT2D eigenvalue weighted by molar-refractivity contribution is -0.0498. The number of carboxylic acid groups (broad SMARTS) is 1. The number of ether oxygens (including phenoxy) is 1. The van der Waals surface area contributed by atoms with Gasteiger partial charge in [-0.05, 0) is 24.1 Å². The van der Waals surface area contributed by atoms with Crippen LogP contribution in [0.4, 0.5) is 14.6 Å². The van der Waals surface area contributed by atoms with Crippen LogP contribution in [0.1, 0.15) is 21.6 Å². The van der Waals surface area contributed by atoms with Gasteiger partial charge in [0.15, 0.2) is 0 Å². The summed E-state index contributed by atoms with van der Waals surface area (Å²) in [6.45, 7) is -3.01. The van der Waals surface area contributed by atoms with Crippen molar-refractivity contribution in [2.75, 3.05) is 5.73 Å². The molecule has 112 valence electrons. The van der Waals surface area contributed by atoms with Crippen molar-refractivity contribution in [1.82, 2.24) is 9.97 Å². The quantitative estimate of drug-likeness (QED) is 0.838. The van der Waals surface area contributed by atoms with Gasteiger partial charge in [-0.15, -0.1) is 0 Å². The maximum absolute atomic E-state index is 12.2. The van der Waals surface area contributed by atoms with E-state index in [1.54, 1.807) is 0 Å².